The highest BCUT2D eigenvalue weighted by Gasteiger charge is 1.97. The summed E-state index contributed by atoms with van der Waals surface area (Å²) in [6.07, 6.45) is 3.44. The second kappa shape index (κ2) is 7.90. The first kappa shape index (κ1) is 12.3. The molecule has 0 saturated carbocycles. The zero-order valence-electron chi connectivity index (χ0n) is 8.76. The van der Waals surface area contributed by atoms with Gasteiger partial charge in [-0.1, -0.05) is 6.92 Å². The molecule has 0 bridgehead atoms. The van der Waals surface area contributed by atoms with Crippen LogP contribution in [0.15, 0.2) is 0 Å². The van der Waals surface area contributed by atoms with Crippen molar-refractivity contribution in [2.45, 2.75) is 18.6 Å². The molecule has 0 aliphatic heterocycles. The Morgan fingerprint density at radius 1 is 1.33 bits per heavy atom. The number of hydrogen-bond acceptors (Lipinski definition) is 3. The maximum absolute atomic E-state index is 3.43. The molecule has 12 heavy (non-hydrogen) atoms. The molecule has 74 valence electrons. The van der Waals surface area contributed by atoms with Crippen LogP contribution < -0.4 is 5.32 Å². The average Bonchev–Trinajstić information content (AvgIpc) is 2.03. The van der Waals surface area contributed by atoms with Crippen LogP contribution in [-0.4, -0.2) is 50.1 Å². The van der Waals surface area contributed by atoms with E-state index >= 15 is 0 Å². The summed E-state index contributed by atoms with van der Waals surface area (Å²) in [4.78, 5) is 2.20. The second-order valence-corrected chi connectivity index (χ2v) is 4.66. The van der Waals surface area contributed by atoms with Crippen LogP contribution in [0.4, 0.5) is 0 Å². The molecule has 0 radical (unpaired) electrons. The average molecular weight is 190 g/mol. The highest BCUT2D eigenvalue weighted by molar-refractivity contribution is 7.99. The van der Waals surface area contributed by atoms with Crippen molar-refractivity contribution in [3.8, 4) is 0 Å². The van der Waals surface area contributed by atoms with E-state index in [1.54, 1.807) is 0 Å². The van der Waals surface area contributed by atoms with Gasteiger partial charge in [0.05, 0.1) is 0 Å². The first-order chi connectivity index (χ1) is 5.66. The summed E-state index contributed by atoms with van der Waals surface area (Å²) in [6.45, 7) is 5.66. The van der Waals surface area contributed by atoms with Gasteiger partial charge in [-0.3, -0.25) is 0 Å². The third-order valence-electron chi connectivity index (χ3n) is 1.87. The normalized spacial score (nSPS) is 13.8. The van der Waals surface area contributed by atoms with E-state index in [9.17, 15) is 0 Å². The van der Waals surface area contributed by atoms with E-state index in [0.29, 0.717) is 0 Å². The molecule has 0 rings (SSSR count). The molecule has 1 unspecified atom stereocenters. The molecule has 0 aliphatic carbocycles. The van der Waals surface area contributed by atoms with Crippen molar-refractivity contribution < 1.29 is 0 Å². The summed E-state index contributed by atoms with van der Waals surface area (Å²) in [7, 11) is 4.21. The summed E-state index contributed by atoms with van der Waals surface area (Å²) in [5.74, 6) is 0. The van der Waals surface area contributed by atoms with Crippen molar-refractivity contribution in [2.75, 3.05) is 40.0 Å². The minimum atomic E-state index is 0.789. The number of thioether (sulfide) groups is 1. The van der Waals surface area contributed by atoms with E-state index in [2.05, 4.69) is 37.5 Å². The Kier molecular flexibility index (Phi) is 8.07. The van der Waals surface area contributed by atoms with Crippen molar-refractivity contribution in [1.29, 1.82) is 0 Å². The lowest BCUT2D eigenvalue weighted by Gasteiger charge is -2.11. The number of nitrogens with zero attached hydrogens (tertiary/aromatic N) is 1. The van der Waals surface area contributed by atoms with E-state index in [4.69, 9.17) is 0 Å². The lowest BCUT2D eigenvalue weighted by atomic mass is 10.3. The molecule has 2 nitrogen and oxygen atoms in total. The van der Waals surface area contributed by atoms with Crippen LogP contribution in [0, 0.1) is 0 Å². The van der Waals surface area contributed by atoms with Crippen LogP contribution in [0.25, 0.3) is 0 Å². The SMILES string of the molecule is CSC(C)CCNCCN(C)C. The van der Waals surface area contributed by atoms with Gasteiger partial charge in [-0.25, -0.2) is 0 Å². The molecule has 0 fully saturated rings. The van der Waals surface area contributed by atoms with Crippen LogP contribution in [0.2, 0.25) is 0 Å². The quantitative estimate of drug-likeness (QED) is 0.609. The fourth-order valence-electron chi connectivity index (χ4n) is 0.851. The molecular weight excluding hydrogens is 168 g/mol. The summed E-state index contributed by atoms with van der Waals surface area (Å²) in [5, 5.41) is 4.22. The Morgan fingerprint density at radius 3 is 2.50 bits per heavy atom. The molecule has 3 heteroatoms. The molecule has 0 aromatic carbocycles. The second-order valence-electron chi connectivity index (χ2n) is 3.39. The van der Waals surface area contributed by atoms with Gasteiger partial charge in [-0.2, -0.15) is 11.8 Å². The van der Waals surface area contributed by atoms with E-state index in [1.807, 2.05) is 11.8 Å². The van der Waals surface area contributed by atoms with E-state index in [-0.39, 0.29) is 0 Å². The minimum Gasteiger partial charge on any atom is -0.315 e. The van der Waals surface area contributed by atoms with Crippen molar-refractivity contribution in [2.24, 2.45) is 0 Å². The van der Waals surface area contributed by atoms with Gasteiger partial charge in [-0.05, 0) is 33.3 Å². The molecule has 0 aromatic rings. The Morgan fingerprint density at radius 2 is 2.00 bits per heavy atom. The topological polar surface area (TPSA) is 15.3 Å². The van der Waals surface area contributed by atoms with Crippen molar-refractivity contribution in [3.63, 3.8) is 0 Å². The van der Waals surface area contributed by atoms with Crippen LogP contribution in [0.3, 0.4) is 0 Å². The first-order valence-corrected chi connectivity index (χ1v) is 5.84. The molecule has 0 heterocycles. The van der Waals surface area contributed by atoms with Crippen molar-refractivity contribution in [3.05, 3.63) is 0 Å². The zero-order valence-corrected chi connectivity index (χ0v) is 9.58. The van der Waals surface area contributed by atoms with Gasteiger partial charge in [0.2, 0.25) is 0 Å². The molecule has 0 saturated heterocycles. The standard InChI is InChI=1S/C9H22N2S/c1-9(12-4)5-6-10-7-8-11(2)3/h9-10H,5-8H2,1-4H3. The van der Waals surface area contributed by atoms with Crippen LogP contribution in [0.5, 0.6) is 0 Å². The first-order valence-electron chi connectivity index (χ1n) is 4.55. The molecule has 0 aliphatic rings. The predicted molar refractivity (Wildman–Crippen MR) is 59.0 cm³/mol. The van der Waals surface area contributed by atoms with Gasteiger partial charge < -0.3 is 10.2 Å². The lowest BCUT2D eigenvalue weighted by Crippen LogP contribution is -2.28. The van der Waals surface area contributed by atoms with Gasteiger partial charge in [-0.15, -0.1) is 0 Å². The molecular formula is C9H22N2S. The summed E-state index contributed by atoms with van der Waals surface area (Å²) in [5.41, 5.74) is 0. The van der Waals surface area contributed by atoms with Gasteiger partial charge in [0.25, 0.3) is 0 Å². The Labute approximate surface area is 81.1 Å². The maximum atomic E-state index is 3.43. The fourth-order valence-corrected chi connectivity index (χ4v) is 1.20. The number of rotatable bonds is 7. The van der Waals surface area contributed by atoms with Gasteiger partial charge in [0.15, 0.2) is 0 Å². The Hall–Kier alpha value is 0.270. The van der Waals surface area contributed by atoms with E-state index < -0.39 is 0 Å². The largest absolute Gasteiger partial charge is 0.315 e. The zero-order chi connectivity index (χ0) is 9.40. The van der Waals surface area contributed by atoms with Crippen LogP contribution in [0.1, 0.15) is 13.3 Å². The van der Waals surface area contributed by atoms with Crippen molar-refractivity contribution in [1.82, 2.24) is 10.2 Å². The number of hydrogen-bond donors (Lipinski definition) is 1. The van der Waals surface area contributed by atoms with E-state index in [0.717, 1.165) is 24.9 Å². The van der Waals surface area contributed by atoms with Crippen LogP contribution >= 0.6 is 11.8 Å². The predicted octanol–water partition coefficient (Wildman–Crippen LogP) is 1.28. The van der Waals surface area contributed by atoms with Crippen molar-refractivity contribution >= 4 is 11.8 Å². The van der Waals surface area contributed by atoms with E-state index in [1.165, 1.54) is 6.42 Å². The van der Waals surface area contributed by atoms with Crippen LogP contribution in [-0.2, 0) is 0 Å². The highest BCUT2D eigenvalue weighted by atomic mass is 32.2. The Bertz CT molecular complexity index is 96.5. The third-order valence-corrected chi connectivity index (χ3v) is 2.91. The lowest BCUT2D eigenvalue weighted by molar-refractivity contribution is 0.400. The van der Waals surface area contributed by atoms with Gasteiger partial charge in [0.1, 0.15) is 0 Å². The van der Waals surface area contributed by atoms with Gasteiger partial charge in [0, 0.05) is 18.3 Å². The molecule has 0 amide bonds. The summed E-state index contributed by atoms with van der Waals surface area (Å²) < 4.78 is 0. The monoisotopic (exact) mass is 190 g/mol. The molecule has 1 N–H and O–H groups in total. The number of likely N-dealkylation sites (N-methyl/N-ethyl adjacent to an activating group) is 1. The maximum Gasteiger partial charge on any atom is 0.0101 e. The minimum absolute atomic E-state index is 0.789. The number of nitrogens with one attached hydrogen (secondary N) is 1. The summed E-state index contributed by atoms with van der Waals surface area (Å²) >= 11 is 1.94. The Balaban J connectivity index is 3.00. The fraction of sp³-hybridized carbons (Fsp3) is 1.00. The highest BCUT2D eigenvalue weighted by Crippen LogP contribution is 2.07. The molecule has 0 spiro atoms. The molecule has 1 atom stereocenters. The smallest absolute Gasteiger partial charge is 0.0101 e. The van der Waals surface area contributed by atoms with Gasteiger partial charge >= 0.3 is 0 Å². The summed E-state index contributed by atoms with van der Waals surface area (Å²) in [6, 6.07) is 0. The third kappa shape index (κ3) is 8.37. The molecule has 0 aromatic heterocycles.